The third kappa shape index (κ3) is 12.0. The molecule has 14 heteroatoms. The van der Waals surface area contributed by atoms with Crippen molar-refractivity contribution in [3.05, 3.63) is 29.8 Å². The molecule has 2 rings (SSSR count). The van der Waals surface area contributed by atoms with Gasteiger partial charge in [0, 0.05) is 18.9 Å². The molecule has 0 radical (unpaired) electrons. The zero-order chi connectivity index (χ0) is 33.8. The van der Waals surface area contributed by atoms with Gasteiger partial charge in [-0.2, -0.15) is 8.42 Å². The molecule has 45 heavy (non-hydrogen) atoms. The number of ether oxygens (including phenoxy) is 4. The van der Waals surface area contributed by atoms with Crippen LogP contribution in [0.5, 0.6) is 0 Å². The summed E-state index contributed by atoms with van der Waals surface area (Å²) in [6.45, 7) is 8.08. The molecule has 1 amide bonds. The van der Waals surface area contributed by atoms with E-state index in [0.717, 1.165) is 5.56 Å². The Morgan fingerprint density at radius 2 is 1.71 bits per heavy atom. The molecule has 1 fully saturated rings. The standard InChI is InChI=1S/C31H47NO12S/c1-7-22(26(34)32-20-44-45(38,39)25-11-9-21(2)10-12-25)15-23(27(35)41-14-8-13-33)16-31(5,29(37)40-6)19-30(3,4)28(36)43-18-24-17-42-24/h9-12,22-24,33H,7-8,13-20H2,1-6H3,(H,32,34). The highest BCUT2D eigenvalue weighted by molar-refractivity contribution is 7.86. The summed E-state index contributed by atoms with van der Waals surface area (Å²) in [7, 11) is -2.92. The van der Waals surface area contributed by atoms with Crippen molar-refractivity contribution < 1.29 is 55.8 Å². The smallest absolute Gasteiger partial charge is 0.311 e. The molecule has 0 aliphatic carbocycles. The summed E-state index contributed by atoms with van der Waals surface area (Å²) in [6.07, 6.45) is 0.114. The molecule has 0 spiro atoms. The molecule has 1 heterocycles. The maximum Gasteiger partial charge on any atom is 0.311 e. The second-order valence-corrected chi connectivity index (χ2v) is 13.8. The van der Waals surface area contributed by atoms with Gasteiger partial charge in [-0.05, 0) is 65.5 Å². The molecule has 4 atom stereocenters. The first-order chi connectivity index (χ1) is 21.1. The molecule has 13 nitrogen and oxygen atoms in total. The lowest BCUT2D eigenvalue weighted by atomic mass is 9.68. The second kappa shape index (κ2) is 17.0. The Morgan fingerprint density at radius 3 is 2.27 bits per heavy atom. The SMILES string of the molecule is CCC(CC(CC(C)(CC(C)(C)C(=O)OCC1CO1)C(=O)OC)C(=O)OCCCO)C(=O)NCOS(=O)(=O)c1ccc(C)cc1. The van der Waals surface area contributed by atoms with E-state index in [-0.39, 0.29) is 62.9 Å². The Morgan fingerprint density at radius 1 is 1.07 bits per heavy atom. The van der Waals surface area contributed by atoms with Gasteiger partial charge in [0.25, 0.3) is 10.1 Å². The molecule has 0 saturated carbocycles. The highest BCUT2D eigenvalue weighted by Gasteiger charge is 2.47. The third-order valence-electron chi connectivity index (χ3n) is 7.65. The normalized spacial score (nSPS) is 17.4. The number of esters is 3. The molecule has 2 N–H and O–H groups in total. The van der Waals surface area contributed by atoms with Crippen LogP contribution in [0.2, 0.25) is 0 Å². The molecule has 254 valence electrons. The van der Waals surface area contributed by atoms with Crippen LogP contribution in [0.15, 0.2) is 29.2 Å². The van der Waals surface area contributed by atoms with E-state index < -0.39 is 63.3 Å². The Kier molecular flexibility index (Phi) is 14.4. The van der Waals surface area contributed by atoms with E-state index in [1.54, 1.807) is 39.8 Å². The van der Waals surface area contributed by atoms with Gasteiger partial charge in [0.15, 0.2) is 0 Å². The van der Waals surface area contributed by atoms with Crippen LogP contribution in [0.1, 0.15) is 65.4 Å². The number of epoxide rings is 1. The average Bonchev–Trinajstić information content (AvgIpc) is 3.82. The fraction of sp³-hybridized carbons (Fsp3) is 0.677. The lowest BCUT2D eigenvalue weighted by molar-refractivity contribution is -0.164. The van der Waals surface area contributed by atoms with Crippen LogP contribution >= 0.6 is 0 Å². The van der Waals surface area contributed by atoms with E-state index in [1.807, 2.05) is 6.92 Å². The Hall–Kier alpha value is -3.07. The Balaban J connectivity index is 2.20. The maximum atomic E-state index is 13.3. The molecule has 1 aliphatic heterocycles. The number of aryl methyl sites for hydroxylation is 1. The zero-order valence-electron chi connectivity index (χ0n) is 27.0. The van der Waals surface area contributed by atoms with Gasteiger partial charge in [0.2, 0.25) is 5.91 Å². The minimum absolute atomic E-state index is 0.0366. The number of carbonyl (C=O) groups excluding carboxylic acids is 4. The minimum Gasteiger partial charge on any atom is -0.469 e. The lowest BCUT2D eigenvalue weighted by Gasteiger charge is -2.36. The van der Waals surface area contributed by atoms with Crippen LogP contribution < -0.4 is 5.32 Å². The van der Waals surface area contributed by atoms with Gasteiger partial charge in [0.1, 0.15) is 19.4 Å². The Labute approximate surface area is 265 Å². The van der Waals surface area contributed by atoms with E-state index >= 15 is 0 Å². The van der Waals surface area contributed by atoms with Crippen molar-refractivity contribution in [2.45, 2.75) is 77.7 Å². The molecule has 4 unspecified atom stereocenters. The first kappa shape index (κ1) is 38.1. The van der Waals surface area contributed by atoms with Crippen LogP contribution in [-0.2, 0) is 52.4 Å². The first-order valence-corrected chi connectivity index (χ1v) is 16.4. The monoisotopic (exact) mass is 657 g/mol. The van der Waals surface area contributed by atoms with Gasteiger partial charge in [-0.1, -0.05) is 24.6 Å². The Bertz CT molecular complexity index is 1260. The highest BCUT2D eigenvalue weighted by atomic mass is 32.2. The van der Waals surface area contributed by atoms with Crippen molar-refractivity contribution >= 4 is 33.9 Å². The maximum absolute atomic E-state index is 13.3. The van der Waals surface area contributed by atoms with Crippen molar-refractivity contribution in [1.82, 2.24) is 5.32 Å². The largest absolute Gasteiger partial charge is 0.469 e. The van der Waals surface area contributed by atoms with Crippen LogP contribution in [0.4, 0.5) is 0 Å². The number of benzene rings is 1. The number of rotatable bonds is 20. The molecular weight excluding hydrogens is 610 g/mol. The molecule has 1 saturated heterocycles. The summed E-state index contributed by atoms with van der Waals surface area (Å²) >= 11 is 0. The zero-order valence-corrected chi connectivity index (χ0v) is 27.8. The molecule has 1 aromatic rings. The predicted octanol–water partition coefficient (Wildman–Crippen LogP) is 2.66. The van der Waals surface area contributed by atoms with E-state index in [1.165, 1.54) is 19.2 Å². The van der Waals surface area contributed by atoms with Gasteiger partial charge < -0.3 is 29.4 Å². The van der Waals surface area contributed by atoms with Gasteiger partial charge in [0.05, 0.1) is 42.0 Å². The van der Waals surface area contributed by atoms with Crippen LogP contribution in [0.3, 0.4) is 0 Å². The quantitative estimate of drug-likeness (QED) is 0.0523. The van der Waals surface area contributed by atoms with E-state index in [4.69, 9.17) is 28.2 Å². The minimum atomic E-state index is -4.13. The number of amides is 1. The van der Waals surface area contributed by atoms with Gasteiger partial charge in [-0.3, -0.25) is 19.2 Å². The van der Waals surface area contributed by atoms with Crippen molar-refractivity contribution in [1.29, 1.82) is 0 Å². The number of carbonyl (C=O) groups is 4. The molecule has 0 bridgehead atoms. The highest BCUT2D eigenvalue weighted by Crippen LogP contribution is 2.42. The van der Waals surface area contributed by atoms with Gasteiger partial charge in [-0.25, -0.2) is 4.18 Å². The van der Waals surface area contributed by atoms with Crippen LogP contribution in [0, 0.1) is 29.6 Å². The number of aliphatic hydroxyl groups is 1. The summed E-state index contributed by atoms with van der Waals surface area (Å²) in [6, 6.07) is 6.04. The summed E-state index contributed by atoms with van der Waals surface area (Å²) in [5, 5.41) is 11.6. The fourth-order valence-corrected chi connectivity index (χ4v) is 5.93. The summed E-state index contributed by atoms with van der Waals surface area (Å²) in [5.41, 5.74) is -1.65. The van der Waals surface area contributed by atoms with E-state index in [0.29, 0.717) is 6.61 Å². The topological polar surface area (TPSA) is 184 Å². The van der Waals surface area contributed by atoms with Crippen molar-refractivity contribution in [3.63, 3.8) is 0 Å². The van der Waals surface area contributed by atoms with Gasteiger partial charge in [-0.15, -0.1) is 0 Å². The molecule has 1 aromatic carbocycles. The molecular formula is C31H47NO12S. The number of nitrogens with one attached hydrogen (secondary N) is 1. The van der Waals surface area contributed by atoms with Crippen molar-refractivity contribution in [2.24, 2.45) is 22.7 Å². The van der Waals surface area contributed by atoms with Gasteiger partial charge >= 0.3 is 17.9 Å². The molecule has 1 aliphatic rings. The van der Waals surface area contributed by atoms with E-state index in [2.05, 4.69) is 5.32 Å². The van der Waals surface area contributed by atoms with Crippen LogP contribution in [-0.4, -0.2) is 83.7 Å². The van der Waals surface area contributed by atoms with Crippen LogP contribution in [0.25, 0.3) is 0 Å². The molecule has 0 aromatic heterocycles. The van der Waals surface area contributed by atoms with E-state index in [9.17, 15) is 27.6 Å². The summed E-state index contributed by atoms with van der Waals surface area (Å²) in [5.74, 6) is -4.22. The summed E-state index contributed by atoms with van der Waals surface area (Å²) < 4.78 is 50.9. The number of aliphatic hydroxyl groups excluding tert-OH is 1. The van der Waals surface area contributed by atoms with Crippen molar-refractivity contribution in [2.75, 3.05) is 40.3 Å². The first-order valence-electron chi connectivity index (χ1n) is 15.0. The average molecular weight is 658 g/mol. The summed E-state index contributed by atoms with van der Waals surface area (Å²) in [4.78, 5) is 52.4. The predicted molar refractivity (Wildman–Crippen MR) is 161 cm³/mol. The van der Waals surface area contributed by atoms with Crippen molar-refractivity contribution in [3.8, 4) is 0 Å². The number of hydrogen-bond donors (Lipinski definition) is 2. The number of methoxy groups -OCH3 is 1. The number of hydrogen-bond acceptors (Lipinski definition) is 12. The lowest BCUT2D eigenvalue weighted by Crippen LogP contribution is -2.42. The second-order valence-electron chi connectivity index (χ2n) is 12.2. The fourth-order valence-electron chi connectivity index (χ4n) is 5.11. The third-order valence-corrected chi connectivity index (χ3v) is 8.92.